The lowest BCUT2D eigenvalue weighted by Gasteiger charge is -2.18. The van der Waals surface area contributed by atoms with Crippen molar-refractivity contribution in [3.8, 4) is 0 Å². The fourth-order valence-electron chi connectivity index (χ4n) is 1.41. The zero-order valence-corrected chi connectivity index (χ0v) is 10.1. The first kappa shape index (κ1) is 15.0. The van der Waals surface area contributed by atoms with Gasteiger partial charge in [-0.2, -0.15) is 26.3 Å². The van der Waals surface area contributed by atoms with Crippen LogP contribution in [0.4, 0.5) is 26.3 Å². The van der Waals surface area contributed by atoms with Gasteiger partial charge in [0.1, 0.15) is 6.29 Å². The van der Waals surface area contributed by atoms with Crippen molar-refractivity contribution in [1.82, 2.24) is 0 Å². The standard InChI is InChI=1S/C10H5BrF6O/c11-3-6-7(9(12,13)14)1-5(4-18)2-8(6)10(15,16)17/h1-2,4H,3H2. The second-order valence-electron chi connectivity index (χ2n) is 3.34. The van der Waals surface area contributed by atoms with Gasteiger partial charge in [-0.25, -0.2) is 0 Å². The summed E-state index contributed by atoms with van der Waals surface area (Å²) >= 11 is 2.60. The number of carbonyl (C=O) groups is 1. The monoisotopic (exact) mass is 334 g/mol. The molecular weight excluding hydrogens is 330 g/mol. The maximum absolute atomic E-state index is 12.6. The van der Waals surface area contributed by atoms with Gasteiger partial charge in [-0.15, -0.1) is 0 Å². The van der Waals surface area contributed by atoms with Gasteiger partial charge in [-0.1, -0.05) is 15.9 Å². The number of rotatable bonds is 2. The van der Waals surface area contributed by atoms with E-state index in [1.807, 2.05) is 0 Å². The van der Waals surface area contributed by atoms with Crippen LogP contribution in [0.25, 0.3) is 0 Å². The van der Waals surface area contributed by atoms with Gasteiger partial charge in [0.2, 0.25) is 0 Å². The summed E-state index contributed by atoms with van der Waals surface area (Å²) in [5.74, 6) is 0. The van der Waals surface area contributed by atoms with E-state index < -0.39 is 39.9 Å². The van der Waals surface area contributed by atoms with Crippen LogP contribution in [-0.2, 0) is 17.7 Å². The molecule has 1 rings (SSSR count). The highest BCUT2D eigenvalue weighted by Crippen LogP contribution is 2.40. The normalized spacial score (nSPS) is 12.6. The van der Waals surface area contributed by atoms with Crippen LogP contribution in [0.5, 0.6) is 0 Å². The molecular formula is C10H5BrF6O. The molecule has 1 aromatic carbocycles. The fraction of sp³-hybridized carbons (Fsp3) is 0.300. The molecule has 0 atom stereocenters. The van der Waals surface area contributed by atoms with E-state index in [0.29, 0.717) is 12.1 Å². The van der Waals surface area contributed by atoms with E-state index in [-0.39, 0.29) is 6.29 Å². The summed E-state index contributed by atoms with van der Waals surface area (Å²) < 4.78 is 75.7. The van der Waals surface area contributed by atoms with Crippen molar-refractivity contribution in [2.45, 2.75) is 17.7 Å². The van der Waals surface area contributed by atoms with Crippen molar-refractivity contribution in [2.24, 2.45) is 0 Å². The number of halogens is 7. The number of alkyl halides is 7. The van der Waals surface area contributed by atoms with Crippen molar-refractivity contribution in [2.75, 3.05) is 0 Å². The summed E-state index contributed by atoms with van der Waals surface area (Å²) in [6, 6.07) is 0.803. The van der Waals surface area contributed by atoms with Crippen LogP contribution >= 0.6 is 15.9 Å². The van der Waals surface area contributed by atoms with Crippen molar-refractivity contribution in [3.05, 3.63) is 34.4 Å². The van der Waals surface area contributed by atoms with Gasteiger partial charge in [0, 0.05) is 10.9 Å². The molecule has 0 heterocycles. The van der Waals surface area contributed by atoms with Gasteiger partial charge >= 0.3 is 12.4 Å². The first-order valence-electron chi connectivity index (χ1n) is 4.43. The minimum atomic E-state index is -4.96. The maximum atomic E-state index is 12.6. The van der Waals surface area contributed by atoms with E-state index in [4.69, 9.17) is 0 Å². The topological polar surface area (TPSA) is 17.1 Å². The predicted molar refractivity (Wildman–Crippen MR) is 54.5 cm³/mol. The number of benzene rings is 1. The minimum Gasteiger partial charge on any atom is -0.298 e. The Morgan fingerprint density at radius 1 is 1.00 bits per heavy atom. The SMILES string of the molecule is O=Cc1cc(C(F)(F)F)c(CBr)c(C(F)(F)F)c1. The zero-order chi connectivity index (χ0) is 14.1. The molecule has 1 aromatic rings. The summed E-state index contributed by atoms with van der Waals surface area (Å²) in [7, 11) is 0. The van der Waals surface area contributed by atoms with Crippen LogP contribution in [0.15, 0.2) is 12.1 Å². The quantitative estimate of drug-likeness (QED) is 0.444. The Morgan fingerprint density at radius 3 is 1.61 bits per heavy atom. The van der Waals surface area contributed by atoms with E-state index in [9.17, 15) is 31.1 Å². The highest BCUT2D eigenvalue weighted by molar-refractivity contribution is 9.08. The van der Waals surface area contributed by atoms with Crippen LogP contribution in [0.1, 0.15) is 27.0 Å². The third kappa shape index (κ3) is 3.04. The summed E-state index contributed by atoms with van der Waals surface area (Å²) in [5.41, 5.74) is -4.52. The van der Waals surface area contributed by atoms with E-state index in [0.717, 1.165) is 0 Å². The predicted octanol–water partition coefficient (Wildman–Crippen LogP) is 4.43. The lowest BCUT2D eigenvalue weighted by Crippen LogP contribution is -2.16. The van der Waals surface area contributed by atoms with Crippen LogP contribution in [-0.4, -0.2) is 6.29 Å². The Bertz CT molecular complexity index is 427. The van der Waals surface area contributed by atoms with Crippen LogP contribution in [0.2, 0.25) is 0 Å². The Hall–Kier alpha value is -1.05. The maximum Gasteiger partial charge on any atom is 0.416 e. The van der Waals surface area contributed by atoms with Gasteiger partial charge < -0.3 is 0 Å². The summed E-state index contributed by atoms with van der Waals surface area (Å²) in [6.45, 7) is 0. The van der Waals surface area contributed by atoms with Gasteiger partial charge in [0.25, 0.3) is 0 Å². The van der Waals surface area contributed by atoms with E-state index in [1.165, 1.54) is 0 Å². The smallest absolute Gasteiger partial charge is 0.298 e. The highest BCUT2D eigenvalue weighted by atomic mass is 79.9. The van der Waals surface area contributed by atoms with Gasteiger partial charge in [0.15, 0.2) is 0 Å². The first-order valence-corrected chi connectivity index (χ1v) is 5.56. The molecule has 0 saturated carbocycles. The minimum absolute atomic E-state index is 0.0531. The number of hydrogen-bond donors (Lipinski definition) is 0. The molecule has 1 nitrogen and oxygen atoms in total. The molecule has 0 spiro atoms. The van der Waals surface area contributed by atoms with Crippen LogP contribution in [0.3, 0.4) is 0 Å². The Morgan fingerprint density at radius 2 is 1.39 bits per heavy atom. The van der Waals surface area contributed by atoms with Gasteiger partial charge in [-0.3, -0.25) is 4.79 Å². The molecule has 18 heavy (non-hydrogen) atoms. The molecule has 0 fully saturated rings. The third-order valence-electron chi connectivity index (χ3n) is 2.15. The first-order chi connectivity index (χ1) is 8.11. The fourth-order valence-corrected chi connectivity index (χ4v) is 2.02. The third-order valence-corrected chi connectivity index (χ3v) is 2.71. The summed E-state index contributed by atoms with van der Waals surface area (Å²) in [6.07, 6.45) is -9.97. The molecule has 100 valence electrons. The molecule has 0 unspecified atom stereocenters. The summed E-state index contributed by atoms with van der Waals surface area (Å²) in [4.78, 5) is 10.4. The molecule has 0 radical (unpaired) electrons. The van der Waals surface area contributed by atoms with Gasteiger partial charge in [0.05, 0.1) is 11.1 Å². The van der Waals surface area contributed by atoms with Crippen molar-refractivity contribution < 1.29 is 31.1 Å². The number of hydrogen-bond acceptors (Lipinski definition) is 1. The van der Waals surface area contributed by atoms with E-state index in [1.54, 1.807) is 0 Å². The second kappa shape index (κ2) is 4.91. The second-order valence-corrected chi connectivity index (χ2v) is 3.90. The lowest BCUT2D eigenvalue weighted by atomic mass is 9.98. The number of aldehydes is 1. The molecule has 0 saturated heterocycles. The molecule has 0 bridgehead atoms. The average molecular weight is 335 g/mol. The summed E-state index contributed by atoms with van der Waals surface area (Å²) in [5, 5.41) is -0.615. The molecule has 0 aliphatic carbocycles. The van der Waals surface area contributed by atoms with Crippen molar-refractivity contribution >= 4 is 22.2 Å². The highest BCUT2D eigenvalue weighted by Gasteiger charge is 2.40. The average Bonchev–Trinajstić information content (AvgIpc) is 2.24. The van der Waals surface area contributed by atoms with Crippen LogP contribution in [0, 0.1) is 0 Å². The Kier molecular flexibility index (Phi) is 4.09. The largest absolute Gasteiger partial charge is 0.416 e. The van der Waals surface area contributed by atoms with Gasteiger partial charge in [-0.05, 0) is 17.7 Å². The van der Waals surface area contributed by atoms with E-state index >= 15 is 0 Å². The molecule has 0 aromatic heterocycles. The Labute approximate surface area is 106 Å². The number of carbonyl (C=O) groups excluding carboxylic acids is 1. The molecule has 0 amide bonds. The van der Waals surface area contributed by atoms with Crippen LogP contribution < -0.4 is 0 Å². The lowest BCUT2D eigenvalue weighted by molar-refractivity contribution is -0.144. The zero-order valence-electron chi connectivity index (χ0n) is 8.49. The molecule has 8 heteroatoms. The molecule has 0 aliphatic heterocycles. The van der Waals surface area contributed by atoms with E-state index in [2.05, 4.69) is 15.9 Å². The molecule has 0 aliphatic rings. The van der Waals surface area contributed by atoms with Crippen molar-refractivity contribution in [3.63, 3.8) is 0 Å². The Balaban J connectivity index is 3.66. The van der Waals surface area contributed by atoms with Crippen molar-refractivity contribution in [1.29, 1.82) is 0 Å². The molecule has 0 N–H and O–H groups in total.